The molecule has 4 aliphatic carbocycles. The van der Waals surface area contributed by atoms with Crippen LogP contribution in [-0.2, 0) is 14.3 Å². The molecule has 4 nitrogen and oxygen atoms in total. The van der Waals surface area contributed by atoms with Gasteiger partial charge in [0.1, 0.15) is 5.78 Å². The topological polar surface area (TPSA) is 55.8 Å². The van der Waals surface area contributed by atoms with Gasteiger partial charge in [-0.25, -0.2) is 0 Å². The number of fused-ring (bicyclic) bond motifs is 2. The van der Waals surface area contributed by atoms with Gasteiger partial charge in [-0.05, 0) is 69.6 Å². The molecule has 0 bridgehead atoms. The Morgan fingerprint density at radius 1 is 1.04 bits per heavy atom. The van der Waals surface area contributed by atoms with E-state index in [-0.39, 0.29) is 29.1 Å². The lowest BCUT2D eigenvalue weighted by molar-refractivity contribution is -0.261. The Bertz CT molecular complexity index is 630. The molecule has 1 heterocycles. The second-order valence-corrected chi connectivity index (χ2v) is 10.8. The maximum atomic E-state index is 12.8. The van der Waals surface area contributed by atoms with Gasteiger partial charge in [0.2, 0.25) is 0 Å². The first-order chi connectivity index (χ1) is 12.1. The molecule has 0 spiro atoms. The van der Waals surface area contributed by atoms with E-state index in [4.69, 9.17) is 9.47 Å². The van der Waals surface area contributed by atoms with Crippen molar-refractivity contribution >= 4 is 5.78 Å². The summed E-state index contributed by atoms with van der Waals surface area (Å²) in [4.78, 5) is 12.8. The summed E-state index contributed by atoms with van der Waals surface area (Å²) >= 11 is 0. The number of ketones is 1. The smallest absolute Gasteiger partial charge is 0.163 e. The maximum Gasteiger partial charge on any atom is 0.163 e. The fourth-order valence-corrected chi connectivity index (χ4v) is 8.14. The lowest BCUT2D eigenvalue weighted by Gasteiger charge is -2.62. The molecule has 5 fully saturated rings. The van der Waals surface area contributed by atoms with Gasteiger partial charge in [0.25, 0.3) is 0 Å². The molecule has 9 unspecified atom stereocenters. The van der Waals surface area contributed by atoms with E-state index in [2.05, 4.69) is 13.8 Å². The predicted octanol–water partition coefficient (Wildman–Crippen LogP) is 3.70. The van der Waals surface area contributed by atoms with E-state index in [9.17, 15) is 9.90 Å². The standard InChI is InChI=1S/C22H34O4/c1-20(2)25-16-11-21(3)15(7-8-17(21)24)14-6-5-12-9-13(23)10-18(26-20)22(12,4)19(14)16/h12-16,18-19,23H,5-11H2,1-4H3. The van der Waals surface area contributed by atoms with E-state index in [1.165, 1.54) is 6.42 Å². The summed E-state index contributed by atoms with van der Waals surface area (Å²) in [5.41, 5.74) is -0.160. The minimum atomic E-state index is -0.660. The summed E-state index contributed by atoms with van der Waals surface area (Å²) in [5, 5.41) is 10.5. The predicted molar refractivity (Wildman–Crippen MR) is 97.3 cm³/mol. The number of ether oxygens (including phenoxy) is 2. The van der Waals surface area contributed by atoms with Crippen LogP contribution in [0.3, 0.4) is 0 Å². The molecule has 1 N–H and O–H groups in total. The normalized spacial score (nSPS) is 57.9. The summed E-state index contributed by atoms with van der Waals surface area (Å²) in [6.07, 6.45) is 6.48. The van der Waals surface area contributed by atoms with E-state index >= 15 is 0 Å². The molecular formula is C22H34O4. The molecule has 9 atom stereocenters. The van der Waals surface area contributed by atoms with E-state index in [1.54, 1.807) is 0 Å². The van der Waals surface area contributed by atoms with Gasteiger partial charge in [-0.2, -0.15) is 0 Å². The van der Waals surface area contributed by atoms with Crippen LogP contribution in [0.4, 0.5) is 0 Å². The molecule has 5 aliphatic rings. The van der Waals surface area contributed by atoms with Gasteiger partial charge in [0, 0.05) is 23.7 Å². The van der Waals surface area contributed by atoms with Crippen molar-refractivity contribution in [2.45, 2.75) is 96.7 Å². The van der Waals surface area contributed by atoms with Crippen LogP contribution in [0.5, 0.6) is 0 Å². The van der Waals surface area contributed by atoms with Crippen LogP contribution < -0.4 is 0 Å². The zero-order valence-corrected chi connectivity index (χ0v) is 16.7. The van der Waals surface area contributed by atoms with Gasteiger partial charge in [-0.15, -0.1) is 0 Å². The van der Waals surface area contributed by atoms with Crippen molar-refractivity contribution in [3.05, 3.63) is 0 Å². The number of aliphatic hydroxyl groups excluding tert-OH is 1. The highest BCUT2D eigenvalue weighted by molar-refractivity contribution is 5.87. The number of carbonyl (C=O) groups excluding carboxylic acids is 1. The van der Waals surface area contributed by atoms with Gasteiger partial charge >= 0.3 is 0 Å². The molecule has 0 aromatic carbocycles. The van der Waals surface area contributed by atoms with E-state index in [0.29, 0.717) is 29.5 Å². The van der Waals surface area contributed by atoms with Gasteiger partial charge < -0.3 is 14.6 Å². The molecule has 146 valence electrons. The quantitative estimate of drug-likeness (QED) is 0.714. The fourth-order valence-electron chi connectivity index (χ4n) is 8.14. The molecule has 4 saturated carbocycles. The van der Waals surface area contributed by atoms with Crippen LogP contribution >= 0.6 is 0 Å². The van der Waals surface area contributed by atoms with Crippen molar-refractivity contribution in [2.75, 3.05) is 0 Å². The lowest BCUT2D eigenvalue weighted by atomic mass is 9.43. The molecule has 0 aromatic rings. The van der Waals surface area contributed by atoms with Crippen LogP contribution in [0.2, 0.25) is 0 Å². The van der Waals surface area contributed by atoms with Gasteiger partial charge in [-0.3, -0.25) is 4.79 Å². The Hall–Kier alpha value is -0.450. The summed E-state index contributed by atoms with van der Waals surface area (Å²) in [7, 11) is 0. The molecular weight excluding hydrogens is 328 g/mol. The second-order valence-electron chi connectivity index (χ2n) is 10.8. The maximum absolute atomic E-state index is 12.8. The third-order valence-electron chi connectivity index (χ3n) is 9.19. The molecule has 5 rings (SSSR count). The summed E-state index contributed by atoms with van der Waals surface area (Å²) in [6, 6.07) is 0. The molecule has 26 heavy (non-hydrogen) atoms. The fraction of sp³-hybridized carbons (Fsp3) is 0.955. The summed E-state index contributed by atoms with van der Waals surface area (Å²) in [6.45, 7) is 8.66. The third-order valence-corrected chi connectivity index (χ3v) is 9.19. The molecule has 4 heteroatoms. The highest BCUT2D eigenvalue weighted by atomic mass is 16.7. The minimum Gasteiger partial charge on any atom is -0.393 e. The van der Waals surface area contributed by atoms with Gasteiger partial charge in [0.15, 0.2) is 5.79 Å². The highest BCUT2D eigenvalue weighted by Gasteiger charge is 2.68. The van der Waals surface area contributed by atoms with Crippen molar-refractivity contribution in [1.82, 2.24) is 0 Å². The van der Waals surface area contributed by atoms with Crippen LogP contribution in [0.1, 0.15) is 72.6 Å². The first kappa shape index (κ1) is 17.6. The number of hydrogen-bond donors (Lipinski definition) is 1. The Labute approximate surface area is 157 Å². The highest BCUT2D eigenvalue weighted by Crippen LogP contribution is 2.67. The summed E-state index contributed by atoms with van der Waals surface area (Å²) in [5.74, 6) is 1.80. The van der Waals surface area contributed by atoms with E-state index in [0.717, 1.165) is 38.5 Å². The van der Waals surface area contributed by atoms with Crippen molar-refractivity contribution < 1.29 is 19.4 Å². The number of Topliss-reactive ketones (excluding diaryl/α,β-unsaturated/α-hetero) is 1. The molecule has 1 saturated heterocycles. The Kier molecular flexibility index (Phi) is 3.61. The average Bonchev–Trinajstić information content (AvgIpc) is 2.78. The first-order valence-electron chi connectivity index (χ1n) is 10.7. The van der Waals surface area contributed by atoms with Crippen LogP contribution in [0.25, 0.3) is 0 Å². The molecule has 0 radical (unpaired) electrons. The van der Waals surface area contributed by atoms with Crippen LogP contribution in [0.15, 0.2) is 0 Å². The molecule has 0 amide bonds. The SMILES string of the molecule is CC1(C)OC2CC3(C)C(=O)CCC3C3CCC4CC(O)CC(O1)C4(C)C23. The van der Waals surface area contributed by atoms with Crippen molar-refractivity contribution in [1.29, 1.82) is 0 Å². The van der Waals surface area contributed by atoms with E-state index < -0.39 is 5.79 Å². The third kappa shape index (κ3) is 2.15. The van der Waals surface area contributed by atoms with Crippen molar-refractivity contribution in [3.8, 4) is 0 Å². The first-order valence-corrected chi connectivity index (χ1v) is 10.7. The second kappa shape index (κ2) is 5.33. The van der Waals surface area contributed by atoms with Gasteiger partial charge in [-0.1, -0.05) is 13.8 Å². The zero-order chi connectivity index (χ0) is 18.5. The Morgan fingerprint density at radius 2 is 1.81 bits per heavy atom. The minimum absolute atomic E-state index is 0.0468. The average molecular weight is 363 g/mol. The van der Waals surface area contributed by atoms with Crippen molar-refractivity contribution in [2.24, 2.45) is 34.5 Å². The largest absolute Gasteiger partial charge is 0.393 e. The van der Waals surface area contributed by atoms with Crippen LogP contribution in [-0.4, -0.2) is 35.0 Å². The number of carbonyl (C=O) groups is 1. The Balaban J connectivity index is 1.63. The number of hydrogen-bond acceptors (Lipinski definition) is 4. The monoisotopic (exact) mass is 362 g/mol. The summed E-state index contributed by atoms with van der Waals surface area (Å²) < 4.78 is 13.1. The molecule has 1 aliphatic heterocycles. The lowest BCUT2D eigenvalue weighted by Crippen LogP contribution is -2.62. The number of aliphatic hydroxyl groups is 1. The van der Waals surface area contributed by atoms with Gasteiger partial charge in [0.05, 0.1) is 18.3 Å². The number of rotatable bonds is 0. The van der Waals surface area contributed by atoms with Crippen molar-refractivity contribution in [3.63, 3.8) is 0 Å². The van der Waals surface area contributed by atoms with Crippen LogP contribution in [0, 0.1) is 34.5 Å². The Morgan fingerprint density at radius 3 is 2.58 bits per heavy atom. The molecule has 0 aromatic heterocycles. The van der Waals surface area contributed by atoms with E-state index in [1.807, 2.05) is 13.8 Å². The zero-order valence-electron chi connectivity index (χ0n) is 16.7.